The Morgan fingerprint density at radius 3 is 1.94 bits per heavy atom. The Hall–Kier alpha value is -4.02. The maximum absolute atomic E-state index is 7.59. The molecule has 0 saturated heterocycles. The molecule has 0 amide bonds. The fourth-order valence-electron chi connectivity index (χ4n) is 3.96. The van der Waals surface area contributed by atoms with Gasteiger partial charge in [0, 0.05) is 28.1 Å². The number of aromatic nitrogens is 1. The quantitative estimate of drug-likeness (QED) is 0.184. The van der Waals surface area contributed by atoms with Gasteiger partial charge < -0.3 is 4.57 Å². The van der Waals surface area contributed by atoms with Crippen LogP contribution in [0, 0.1) is 5.41 Å². The van der Waals surface area contributed by atoms with E-state index in [2.05, 4.69) is 69.1 Å². The number of hydrogen-bond donors (Lipinski definition) is 1. The van der Waals surface area contributed by atoms with Crippen LogP contribution in [-0.2, 0) is 0 Å². The first-order valence-corrected chi connectivity index (χ1v) is 10.6. The molecule has 0 atom stereocenters. The van der Waals surface area contributed by atoms with E-state index in [1.165, 1.54) is 10.8 Å². The van der Waals surface area contributed by atoms with Crippen molar-refractivity contribution in [1.29, 1.82) is 5.41 Å². The zero-order chi connectivity index (χ0) is 21.9. The summed E-state index contributed by atoms with van der Waals surface area (Å²) >= 11 is 5.77. The fraction of sp³-hybridized carbons (Fsp3) is 0. The predicted molar refractivity (Wildman–Crippen MR) is 135 cm³/mol. The van der Waals surface area contributed by atoms with Gasteiger partial charge in [0.25, 0.3) is 0 Å². The van der Waals surface area contributed by atoms with E-state index < -0.39 is 0 Å². The lowest BCUT2D eigenvalue weighted by molar-refractivity contribution is 1.17. The molecule has 5 heteroatoms. The van der Waals surface area contributed by atoms with Crippen molar-refractivity contribution in [2.24, 2.45) is 9.98 Å². The number of benzene rings is 4. The second-order valence-electron chi connectivity index (χ2n) is 7.28. The number of nitrogens with one attached hydrogen (secondary N) is 1. The second-order valence-corrected chi connectivity index (χ2v) is 7.64. The first-order chi connectivity index (χ1) is 15.7. The molecule has 0 radical (unpaired) electrons. The third-order valence-electron chi connectivity index (χ3n) is 5.32. The van der Waals surface area contributed by atoms with E-state index in [1.807, 2.05) is 48.5 Å². The van der Waals surface area contributed by atoms with Crippen molar-refractivity contribution in [1.82, 2.24) is 4.57 Å². The van der Waals surface area contributed by atoms with Crippen molar-refractivity contribution in [3.05, 3.63) is 114 Å². The minimum Gasteiger partial charge on any atom is -0.309 e. The van der Waals surface area contributed by atoms with Gasteiger partial charge >= 0.3 is 0 Å². The number of hydrogen-bond acceptors (Lipinski definition) is 1. The number of amidine groups is 2. The smallest absolute Gasteiger partial charge is 0.216 e. The van der Waals surface area contributed by atoms with Gasteiger partial charge in [-0.2, -0.15) is 4.99 Å². The predicted octanol–water partition coefficient (Wildman–Crippen LogP) is 6.82. The van der Waals surface area contributed by atoms with Crippen LogP contribution in [0.15, 0.2) is 113 Å². The summed E-state index contributed by atoms with van der Waals surface area (Å²) in [4.78, 5) is 8.74. The maximum Gasteiger partial charge on any atom is 0.216 e. The Morgan fingerprint density at radius 1 is 0.719 bits per heavy atom. The number of nitrogens with zero attached hydrogens (tertiary/aromatic N) is 3. The summed E-state index contributed by atoms with van der Waals surface area (Å²) in [5, 5.41) is 9.70. The monoisotopic (exact) mass is 434 g/mol. The van der Waals surface area contributed by atoms with Crippen LogP contribution in [0.1, 0.15) is 11.1 Å². The van der Waals surface area contributed by atoms with Crippen molar-refractivity contribution >= 4 is 50.8 Å². The van der Waals surface area contributed by atoms with Gasteiger partial charge in [0.05, 0.1) is 16.7 Å². The lowest BCUT2D eigenvalue weighted by atomic mass is 10.1. The molecule has 0 aliphatic rings. The van der Waals surface area contributed by atoms with Crippen molar-refractivity contribution in [3.63, 3.8) is 0 Å². The summed E-state index contributed by atoms with van der Waals surface area (Å²) in [5.41, 5.74) is 5.01. The van der Waals surface area contributed by atoms with Crippen LogP contribution < -0.4 is 0 Å². The van der Waals surface area contributed by atoms with Crippen LogP contribution in [0.4, 0.5) is 0 Å². The van der Waals surface area contributed by atoms with Crippen LogP contribution in [0.3, 0.4) is 0 Å². The molecular weight excluding hydrogens is 416 g/mol. The number of rotatable bonds is 3. The summed E-state index contributed by atoms with van der Waals surface area (Å²) in [6.45, 7) is 0. The Morgan fingerprint density at radius 2 is 1.28 bits per heavy atom. The van der Waals surface area contributed by atoms with Gasteiger partial charge in [-0.3, -0.25) is 5.41 Å². The van der Waals surface area contributed by atoms with Gasteiger partial charge in [-0.25, -0.2) is 4.99 Å². The molecule has 0 aliphatic carbocycles. The largest absolute Gasteiger partial charge is 0.309 e. The van der Waals surface area contributed by atoms with Crippen LogP contribution in [0.5, 0.6) is 0 Å². The van der Waals surface area contributed by atoms with Gasteiger partial charge in [-0.1, -0.05) is 84.9 Å². The summed E-state index contributed by atoms with van der Waals surface area (Å²) in [7, 11) is 0. The molecule has 5 rings (SSSR count). The highest BCUT2D eigenvalue weighted by molar-refractivity contribution is 6.64. The summed E-state index contributed by atoms with van der Waals surface area (Å²) in [5.74, 6) is 0.391. The van der Waals surface area contributed by atoms with Gasteiger partial charge in [-0.05, 0) is 29.8 Å². The summed E-state index contributed by atoms with van der Waals surface area (Å²) in [6.07, 6.45) is 1.78. The van der Waals surface area contributed by atoms with E-state index in [9.17, 15) is 0 Å². The highest BCUT2D eigenvalue weighted by Crippen LogP contribution is 2.32. The van der Waals surface area contributed by atoms with Crippen LogP contribution in [-0.4, -0.2) is 21.9 Å². The van der Waals surface area contributed by atoms with E-state index in [0.717, 1.165) is 27.8 Å². The molecule has 1 heterocycles. The summed E-state index contributed by atoms with van der Waals surface area (Å²) in [6, 6.07) is 34.5. The minimum absolute atomic E-state index is 0.309. The van der Waals surface area contributed by atoms with Crippen molar-refractivity contribution in [2.45, 2.75) is 0 Å². The van der Waals surface area contributed by atoms with E-state index in [-0.39, 0.29) is 5.29 Å². The molecular formula is C27H19ClN4. The van der Waals surface area contributed by atoms with Crippen molar-refractivity contribution in [2.75, 3.05) is 0 Å². The molecule has 0 spiro atoms. The number of fused-ring (bicyclic) bond motifs is 3. The van der Waals surface area contributed by atoms with E-state index in [1.54, 1.807) is 6.21 Å². The van der Waals surface area contributed by atoms with Crippen molar-refractivity contribution in [3.8, 4) is 5.69 Å². The standard InChI is InChI=1S/C27H19ClN4/c28-27(29)31-26(19-10-2-1-3-11-19)30-18-20-12-4-7-15-23(20)32-24-16-8-5-13-21(24)22-14-6-9-17-25(22)32/h1-18,29H. The minimum atomic E-state index is -0.309. The van der Waals surface area contributed by atoms with Crippen LogP contribution >= 0.6 is 11.6 Å². The topological polar surface area (TPSA) is 53.5 Å². The van der Waals surface area contributed by atoms with Gasteiger partial charge in [0.1, 0.15) is 0 Å². The Kier molecular flexibility index (Phi) is 5.36. The van der Waals surface area contributed by atoms with Crippen LogP contribution in [0.25, 0.3) is 27.5 Å². The molecule has 154 valence electrons. The molecule has 0 fully saturated rings. The number of para-hydroxylation sites is 3. The first-order valence-electron chi connectivity index (χ1n) is 10.2. The normalized spacial score (nSPS) is 12.1. The van der Waals surface area contributed by atoms with Gasteiger partial charge in [0.15, 0.2) is 5.84 Å². The van der Waals surface area contributed by atoms with E-state index in [4.69, 9.17) is 17.0 Å². The third-order valence-corrected chi connectivity index (χ3v) is 5.40. The molecule has 0 saturated carbocycles. The molecule has 1 N–H and O–H groups in total. The molecule has 1 aromatic heterocycles. The number of aliphatic imine (C=N–C) groups is 2. The van der Waals surface area contributed by atoms with Gasteiger partial charge in [0.2, 0.25) is 5.29 Å². The third kappa shape index (κ3) is 3.72. The molecule has 4 nitrogen and oxygen atoms in total. The van der Waals surface area contributed by atoms with Crippen LogP contribution in [0.2, 0.25) is 0 Å². The maximum atomic E-state index is 7.59. The Labute approximate surface area is 190 Å². The van der Waals surface area contributed by atoms with E-state index in [0.29, 0.717) is 5.84 Å². The lowest BCUT2D eigenvalue weighted by Crippen LogP contribution is -2.03. The molecule has 4 aromatic carbocycles. The van der Waals surface area contributed by atoms with E-state index >= 15 is 0 Å². The van der Waals surface area contributed by atoms with Gasteiger partial charge in [-0.15, -0.1) is 0 Å². The zero-order valence-electron chi connectivity index (χ0n) is 17.1. The first kappa shape index (κ1) is 19.9. The lowest BCUT2D eigenvalue weighted by Gasteiger charge is -2.11. The SMILES string of the molecule is N=C(Cl)N=C(N=Cc1ccccc1-n1c2ccccc2c2ccccc21)c1ccccc1. The average Bonchev–Trinajstić information content (AvgIpc) is 3.17. The highest BCUT2D eigenvalue weighted by atomic mass is 35.5. The summed E-state index contributed by atoms with van der Waals surface area (Å²) < 4.78 is 2.26. The molecule has 0 unspecified atom stereocenters. The zero-order valence-corrected chi connectivity index (χ0v) is 17.9. The average molecular weight is 435 g/mol. The molecule has 0 bridgehead atoms. The molecule has 5 aromatic rings. The molecule has 32 heavy (non-hydrogen) atoms. The Bertz CT molecular complexity index is 1440. The fourth-order valence-corrected chi connectivity index (χ4v) is 4.04. The second kappa shape index (κ2) is 8.61. The highest BCUT2D eigenvalue weighted by Gasteiger charge is 2.13. The Balaban J connectivity index is 1.68. The van der Waals surface area contributed by atoms with Crippen molar-refractivity contribution < 1.29 is 0 Å². The number of halogens is 1. The molecule has 0 aliphatic heterocycles.